The van der Waals surface area contributed by atoms with Gasteiger partial charge in [-0.05, 0) is 58.7 Å². The van der Waals surface area contributed by atoms with Crippen molar-refractivity contribution in [3.8, 4) is 5.75 Å². The summed E-state index contributed by atoms with van der Waals surface area (Å²) in [6.07, 6.45) is 0. The minimum Gasteiger partial charge on any atom is -0.487 e. The minimum absolute atomic E-state index is 0.414. The van der Waals surface area contributed by atoms with E-state index in [1.54, 1.807) is 0 Å². The molecule has 3 rings (SSSR count). The van der Waals surface area contributed by atoms with Gasteiger partial charge in [0.1, 0.15) is 12.4 Å². The van der Waals surface area contributed by atoms with Crippen molar-refractivity contribution in [1.29, 1.82) is 0 Å². The number of benzene rings is 3. The maximum Gasteiger partial charge on any atom is 0.139 e. The fourth-order valence-electron chi connectivity index (χ4n) is 2.62. The third-order valence-corrected chi connectivity index (χ3v) is 5.33. The number of halogens is 3. The molecule has 0 atom stereocenters. The average Bonchev–Trinajstić information content (AvgIpc) is 2.60. The van der Waals surface area contributed by atoms with Crippen LogP contribution in [0.3, 0.4) is 0 Å². The van der Waals surface area contributed by atoms with Crippen molar-refractivity contribution >= 4 is 49.1 Å². The molecule has 0 aliphatic carbocycles. The van der Waals surface area contributed by atoms with Gasteiger partial charge in [0.15, 0.2) is 0 Å². The molecule has 26 heavy (non-hydrogen) atoms. The number of nitrogens with one attached hydrogen (secondary N) is 1. The molecule has 3 aromatic carbocycles. The molecule has 5 heteroatoms. The molecule has 0 aromatic heterocycles. The summed E-state index contributed by atoms with van der Waals surface area (Å²) in [5.41, 5.74) is 4.32. The van der Waals surface area contributed by atoms with Crippen molar-refractivity contribution in [2.45, 2.75) is 20.1 Å². The molecule has 0 heterocycles. The SMILES string of the molecule is Cc1cccc(NCc2cc(Br)cc(Br)c2OCc2ccccc2Cl)c1. The third kappa shape index (κ3) is 5.03. The van der Waals surface area contributed by atoms with Gasteiger partial charge < -0.3 is 10.1 Å². The first-order chi connectivity index (χ1) is 12.5. The van der Waals surface area contributed by atoms with Crippen LogP contribution in [-0.2, 0) is 13.2 Å². The van der Waals surface area contributed by atoms with Gasteiger partial charge in [0.05, 0.1) is 4.47 Å². The Morgan fingerprint density at radius 3 is 2.54 bits per heavy atom. The number of anilines is 1. The lowest BCUT2D eigenvalue weighted by atomic mass is 10.1. The molecule has 2 nitrogen and oxygen atoms in total. The first kappa shape index (κ1) is 19.3. The quantitative estimate of drug-likeness (QED) is 0.386. The summed E-state index contributed by atoms with van der Waals surface area (Å²) in [5, 5.41) is 4.17. The zero-order chi connectivity index (χ0) is 18.5. The van der Waals surface area contributed by atoms with Crippen LogP contribution in [0.5, 0.6) is 5.75 Å². The molecular weight excluding hydrogens is 477 g/mol. The summed E-state index contributed by atoms with van der Waals surface area (Å²) in [4.78, 5) is 0. The predicted molar refractivity (Wildman–Crippen MR) is 116 cm³/mol. The first-order valence-electron chi connectivity index (χ1n) is 8.17. The van der Waals surface area contributed by atoms with Gasteiger partial charge in [0.2, 0.25) is 0 Å². The van der Waals surface area contributed by atoms with Crippen LogP contribution in [-0.4, -0.2) is 0 Å². The highest BCUT2D eigenvalue weighted by Gasteiger charge is 2.12. The van der Waals surface area contributed by atoms with Gasteiger partial charge >= 0.3 is 0 Å². The first-order valence-corrected chi connectivity index (χ1v) is 10.1. The fourth-order valence-corrected chi connectivity index (χ4v) is 4.24. The number of aryl methyl sites for hydroxylation is 1. The molecule has 0 saturated carbocycles. The van der Waals surface area contributed by atoms with Gasteiger partial charge in [-0.1, -0.05) is 57.9 Å². The van der Waals surface area contributed by atoms with Gasteiger partial charge in [-0.15, -0.1) is 0 Å². The van der Waals surface area contributed by atoms with E-state index in [0.29, 0.717) is 18.2 Å². The highest BCUT2D eigenvalue weighted by atomic mass is 79.9. The van der Waals surface area contributed by atoms with Gasteiger partial charge in [-0.25, -0.2) is 0 Å². The second kappa shape index (κ2) is 8.94. The summed E-state index contributed by atoms with van der Waals surface area (Å²) < 4.78 is 8.01. The van der Waals surface area contributed by atoms with E-state index >= 15 is 0 Å². The van der Waals surface area contributed by atoms with Crippen LogP contribution in [0.2, 0.25) is 5.02 Å². The maximum atomic E-state index is 6.24. The van der Waals surface area contributed by atoms with E-state index in [4.69, 9.17) is 16.3 Å². The largest absolute Gasteiger partial charge is 0.487 e. The molecule has 1 N–H and O–H groups in total. The average molecular weight is 496 g/mol. The Balaban J connectivity index is 1.79. The van der Waals surface area contributed by atoms with Crippen molar-refractivity contribution < 1.29 is 4.74 Å². The van der Waals surface area contributed by atoms with Crippen LogP contribution < -0.4 is 10.1 Å². The van der Waals surface area contributed by atoms with Crippen LogP contribution in [0.1, 0.15) is 16.7 Å². The molecule has 0 aliphatic rings. The monoisotopic (exact) mass is 493 g/mol. The zero-order valence-electron chi connectivity index (χ0n) is 14.2. The molecule has 0 radical (unpaired) electrons. The normalized spacial score (nSPS) is 10.6. The highest BCUT2D eigenvalue weighted by Crippen LogP contribution is 2.34. The summed E-state index contributed by atoms with van der Waals surface area (Å²) >= 11 is 13.4. The van der Waals surface area contributed by atoms with Crippen LogP contribution in [0.25, 0.3) is 0 Å². The van der Waals surface area contributed by atoms with E-state index in [1.165, 1.54) is 5.56 Å². The van der Waals surface area contributed by atoms with Gasteiger partial charge in [-0.2, -0.15) is 0 Å². The van der Waals surface area contributed by atoms with E-state index in [2.05, 4.69) is 68.4 Å². The Morgan fingerprint density at radius 1 is 0.962 bits per heavy atom. The van der Waals surface area contributed by atoms with Crippen molar-refractivity contribution in [1.82, 2.24) is 0 Å². The van der Waals surface area contributed by atoms with Crippen molar-refractivity contribution in [3.05, 3.63) is 91.3 Å². The molecule has 3 aromatic rings. The summed E-state index contributed by atoms with van der Waals surface area (Å²) in [7, 11) is 0. The Bertz CT molecular complexity index is 914. The van der Waals surface area contributed by atoms with Gasteiger partial charge in [0.25, 0.3) is 0 Å². The third-order valence-electron chi connectivity index (χ3n) is 3.92. The zero-order valence-corrected chi connectivity index (χ0v) is 18.2. The molecule has 0 saturated heterocycles. The Labute approximate surface area is 175 Å². The van der Waals surface area contributed by atoms with Crippen molar-refractivity contribution in [2.24, 2.45) is 0 Å². The van der Waals surface area contributed by atoms with E-state index in [9.17, 15) is 0 Å². The number of hydrogen-bond acceptors (Lipinski definition) is 2. The fraction of sp³-hybridized carbons (Fsp3) is 0.143. The van der Waals surface area contributed by atoms with Crippen LogP contribution >= 0.6 is 43.5 Å². The van der Waals surface area contributed by atoms with Crippen molar-refractivity contribution in [3.63, 3.8) is 0 Å². The van der Waals surface area contributed by atoms with E-state index < -0.39 is 0 Å². The molecule has 0 aliphatic heterocycles. The lowest BCUT2D eigenvalue weighted by Crippen LogP contribution is -2.05. The van der Waals surface area contributed by atoms with Gasteiger partial charge in [0, 0.05) is 32.9 Å². The minimum atomic E-state index is 0.414. The Morgan fingerprint density at radius 2 is 1.77 bits per heavy atom. The van der Waals surface area contributed by atoms with Crippen LogP contribution in [0, 0.1) is 6.92 Å². The molecule has 0 amide bonds. The topological polar surface area (TPSA) is 21.3 Å². The van der Waals surface area contributed by atoms with Crippen LogP contribution in [0.4, 0.5) is 5.69 Å². The Hall–Kier alpha value is -1.49. The smallest absolute Gasteiger partial charge is 0.139 e. The highest BCUT2D eigenvalue weighted by molar-refractivity contribution is 9.11. The lowest BCUT2D eigenvalue weighted by molar-refractivity contribution is 0.301. The van der Waals surface area contributed by atoms with E-state index in [0.717, 1.165) is 31.5 Å². The number of rotatable bonds is 6. The molecule has 0 spiro atoms. The van der Waals surface area contributed by atoms with E-state index in [-0.39, 0.29) is 0 Å². The summed E-state index contributed by atoms with van der Waals surface area (Å²) in [6, 6.07) is 20.1. The van der Waals surface area contributed by atoms with E-state index in [1.807, 2.05) is 36.4 Å². The second-order valence-electron chi connectivity index (χ2n) is 5.98. The molecular formula is C21H18Br2ClNO. The molecule has 0 unspecified atom stereocenters. The predicted octanol–water partition coefficient (Wildman–Crippen LogP) is 7.36. The molecule has 134 valence electrons. The number of hydrogen-bond donors (Lipinski definition) is 1. The van der Waals surface area contributed by atoms with Crippen molar-refractivity contribution in [2.75, 3.05) is 5.32 Å². The number of ether oxygens (including phenoxy) is 1. The maximum absolute atomic E-state index is 6.24. The molecule has 0 fully saturated rings. The standard InChI is InChI=1S/C21H18Br2ClNO/c1-14-5-4-7-18(9-14)25-12-16-10-17(22)11-19(23)21(16)26-13-15-6-2-3-8-20(15)24/h2-11,25H,12-13H2,1H3. The summed E-state index contributed by atoms with van der Waals surface area (Å²) in [5.74, 6) is 0.813. The lowest BCUT2D eigenvalue weighted by Gasteiger charge is -2.16. The molecule has 0 bridgehead atoms. The van der Waals surface area contributed by atoms with Gasteiger partial charge in [-0.3, -0.25) is 0 Å². The second-order valence-corrected chi connectivity index (χ2v) is 8.16. The summed E-state index contributed by atoms with van der Waals surface area (Å²) in [6.45, 7) is 3.15. The van der Waals surface area contributed by atoms with Crippen LogP contribution in [0.15, 0.2) is 69.6 Å². The Kier molecular flexibility index (Phi) is 6.63.